The molecule has 1 fully saturated rings. The molecule has 0 bridgehead atoms. The fourth-order valence-corrected chi connectivity index (χ4v) is 6.64. The molecular weight excluding hydrogens is 510 g/mol. The molecule has 5 rings (SSSR count). The highest BCUT2D eigenvalue weighted by atomic mass is 32.2. The third kappa shape index (κ3) is 4.74. The first kappa shape index (κ1) is 24.0. The van der Waals surface area contributed by atoms with Crippen molar-refractivity contribution >= 4 is 26.5 Å². The van der Waals surface area contributed by atoms with E-state index in [4.69, 9.17) is 4.74 Å². The summed E-state index contributed by atoms with van der Waals surface area (Å²) in [6.07, 6.45) is -1.26. The highest BCUT2D eigenvalue weighted by molar-refractivity contribution is 7.93. The Hall–Kier alpha value is -2.71. The molecule has 2 aliphatic heterocycles. The van der Waals surface area contributed by atoms with Gasteiger partial charge >= 0.3 is 6.18 Å². The zero-order valence-corrected chi connectivity index (χ0v) is 19.8. The van der Waals surface area contributed by atoms with Gasteiger partial charge in [-0.05, 0) is 25.0 Å². The summed E-state index contributed by atoms with van der Waals surface area (Å²) in [4.78, 5) is 5.16. The van der Waals surface area contributed by atoms with Crippen molar-refractivity contribution in [3.05, 3.63) is 53.0 Å². The van der Waals surface area contributed by atoms with Crippen molar-refractivity contribution in [3.8, 4) is 5.75 Å². The highest BCUT2D eigenvalue weighted by Gasteiger charge is 2.47. The SMILES string of the molecule is O=S(=O)(Nc1nccs1)c1cc2c(cc1F)[C@H](N1CCC(C(F)(F)F)C[C@H]1c1ccn[nH]1)CCO2. The van der Waals surface area contributed by atoms with E-state index < -0.39 is 44.9 Å². The minimum atomic E-state index is -4.32. The molecule has 14 heteroatoms. The van der Waals surface area contributed by atoms with E-state index in [1.165, 1.54) is 12.4 Å². The molecule has 0 aliphatic carbocycles. The van der Waals surface area contributed by atoms with Crippen LogP contribution in [0.2, 0.25) is 0 Å². The van der Waals surface area contributed by atoms with E-state index in [1.807, 2.05) is 4.90 Å². The first-order chi connectivity index (χ1) is 16.6. The number of sulfonamides is 1. The van der Waals surface area contributed by atoms with E-state index in [9.17, 15) is 21.6 Å². The number of hydrogen-bond acceptors (Lipinski definition) is 7. The molecule has 0 radical (unpaired) electrons. The van der Waals surface area contributed by atoms with Gasteiger partial charge in [-0.2, -0.15) is 18.3 Å². The number of aromatic amines is 1. The lowest BCUT2D eigenvalue weighted by Gasteiger charge is -2.45. The quantitative estimate of drug-likeness (QED) is 0.465. The second-order valence-corrected chi connectivity index (χ2v) is 11.0. The van der Waals surface area contributed by atoms with Crippen LogP contribution >= 0.6 is 11.3 Å². The predicted molar refractivity (Wildman–Crippen MR) is 119 cm³/mol. The average molecular weight is 532 g/mol. The Labute approximate surface area is 202 Å². The summed E-state index contributed by atoms with van der Waals surface area (Å²) in [5.74, 6) is -2.26. The average Bonchev–Trinajstić information content (AvgIpc) is 3.51. The lowest BCUT2D eigenvalue weighted by molar-refractivity contribution is -0.192. The maximum atomic E-state index is 15.2. The van der Waals surface area contributed by atoms with Crippen LogP contribution < -0.4 is 9.46 Å². The van der Waals surface area contributed by atoms with Crippen LogP contribution in [0.4, 0.5) is 22.7 Å². The number of aromatic nitrogens is 3. The predicted octanol–water partition coefficient (Wildman–Crippen LogP) is 4.65. The molecule has 0 amide bonds. The Balaban J connectivity index is 1.48. The Morgan fingerprint density at radius 3 is 2.71 bits per heavy atom. The summed E-state index contributed by atoms with van der Waals surface area (Å²) in [5.41, 5.74) is 0.941. The summed E-state index contributed by atoms with van der Waals surface area (Å²) in [6.45, 7) is 0.336. The van der Waals surface area contributed by atoms with Crippen LogP contribution in [0, 0.1) is 11.7 Å². The largest absolute Gasteiger partial charge is 0.493 e. The number of hydrogen-bond donors (Lipinski definition) is 2. The molecule has 0 spiro atoms. The zero-order chi connectivity index (χ0) is 24.8. The van der Waals surface area contributed by atoms with Crippen molar-refractivity contribution in [2.45, 2.75) is 42.4 Å². The number of rotatable bonds is 5. The lowest BCUT2D eigenvalue weighted by atomic mass is 9.85. The third-order valence-corrected chi connectivity index (χ3v) is 8.58. The number of benzene rings is 1. The van der Waals surface area contributed by atoms with E-state index in [-0.39, 0.29) is 36.9 Å². The maximum Gasteiger partial charge on any atom is 0.391 e. The molecule has 3 atom stereocenters. The monoisotopic (exact) mass is 531 g/mol. The molecule has 35 heavy (non-hydrogen) atoms. The van der Waals surface area contributed by atoms with E-state index in [0.29, 0.717) is 17.7 Å². The van der Waals surface area contributed by atoms with Crippen LogP contribution in [0.25, 0.3) is 0 Å². The fourth-order valence-electron chi connectivity index (χ4n) is 4.78. The lowest BCUT2D eigenvalue weighted by Crippen LogP contribution is -2.44. The van der Waals surface area contributed by atoms with Gasteiger partial charge in [-0.25, -0.2) is 17.8 Å². The number of thiazole rings is 1. The number of likely N-dealkylation sites (tertiary alicyclic amines) is 1. The minimum absolute atomic E-state index is 0.0898. The molecule has 1 saturated heterocycles. The topological polar surface area (TPSA) is 100 Å². The number of H-pyrrole nitrogens is 1. The molecule has 0 saturated carbocycles. The first-order valence-corrected chi connectivity index (χ1v) is 13.2. The van der Waals surface area contributed by atoms with Crippen molar-refractivity contribution < 1.29 is 30.7 Å². The number of nitrogens with one attached hydrogen (secondary N) is 2. The standard InChI is InChI=1S/C21H21F4N5O3S2/c22-14-10-13-16(30-6-2-12(21(23,24)25)9-17(30)15-1-4-27-28-15)3-7-33-18(13)11-19(14)35(31,32)29-20-26-5-8-34-20/h1,4-5,8,10-12,16-17H,2-3,6-7,9H2,(H,26,29)(H,27,28)/t12?,16-,17+/m1/s1. The summed E-state index contributed by atoms with van der Waals surface area (Å²) in [6, 6.07) is 2.79. The normalized spacial score (nSPS) is 23.5. The van der Waals surface area contributed by atoms with Gasteiger partial charge in [0.15, 0.2) is 5.13 Å². The summed E-state index contributed by atoms with van der Waals surface area (Å²) < 4.78 is 89.2. The van der Waals surface area contributed by atoms with Crippen molar-refractivity contribution in [2.24, 2.45) is 5.92 Å². The van der Waals surface area contributed by atoms with E-state index in [1.54, 1.807) is 11.4 Å². The Morgan fingerprint density at radius 1 is 1.20 bits per heavy atom. The molecule has 2 aromatic heterocycles. The van der Waals surface area contributed by atoms with E-state index in [0.717, 1.165) is 23.5 Å². The number of halogens is 4. The second kappa shape index (κ2) is 9.06. The van der Waals surface area contributed by atoms with Gasteiger partial charge in [0.25, 0.3) is 10.0 Å². The van der Waals surface area contributed by atoms with Gasteiger partial charge in [0.2, 0.25) is 0 Å². The van der Waals surface area contributed by atoms with E-state index in [2.05, 4.69) is 19.9 Å². The number of fused-ring (bicyclic) bond motifs is 1. The number of piperidine rings is 1. The Bertz CT molecular complexity index is 1280. The summed E-state index contributed by atoms with van der Waals surface area (Å²) >= 11 is 1.05. The maximum absolute atomic E-state index is 15.2. The second-order valence-electron chi connectivity index (χ2n) is 8.44. The molecule has 2 aliphatic rings. The van der Waals surface area contributed by atoms with Crippen LogP contribution in [0.15, 0.2) is 40.9 Å². The Morgan fingerprint density at radius 2 is 2.03 bits per heavy atom. The molecular formula is C21H21F4N5O3S2. The van der Waals surface area contributed by atoms with Crippen molar-refractivity contribution in [2.75, 3.05) is 17.9 Å². The first-order valence-electron chi connectivity index (χ1n) is 10.8. The fraction of sp³-hybridized carbons (Fsp3) is 0.429. The van der Waals surface area contributed by atoms with Crippen LogP contribution in [0.1, 0.15) is 42.6 Å². The number of nitrogens with zero attached hydrogens (tertiary/aromatic N) is 3. The summed E-state index contributed by atoms with van der Waals surface area (Å²) in [5, 5.41) is 8.34. The summed E-state index contributed by atoms with van der Waals surface area (Å²) in [7, 11) is -4.27. The Kier molecular flexibility index (Phi) is 6.21. The van der Waals surface area contributed by atoms with Crippen LogP contribution in [0.3, 0.4) is 0 Å². The van der Waals surface area contributed by atoms with Gasteiger partial charge in [0.05, 0.1) is 24.3 Å². The molecule has 2 N–H and O–H groups in total. The molecule has 1 aromatic carbocycles. The molecule has 1 unspecified atom stereocenters. The van der Waals surface area contributed by atoms with Gasteiger partial charge in [-0.15, -0.1) is 11.3 Å². The van der Waals surface area contributed by atoms with Crippen LogP contribution in [-0.4, -0.2) is 47.8 Å². The molecule has 3 aromatic rings. The minimum Gasteiger partial charge on any atom is -0.493 e. The third-order valence-electron chi connectivity index (χ3n) is 6.40. The molecule has 188 valence electrons. The molecule has 4 heterocycles. The van der Waals surface area contributed by atoms with Gasteiger partial charge in [-0.1, -0.05) is 0 Å². The number of anilines is 1. The number of ether oxygens (including phenoxy) is 1. The van der Waals surface area contributed by atoms with Gasteiger partial charge < -0.3 is 4.74 Å². The van der Waals surface area contributed by atoms with Crippen molar-refractivity contribution in [1.82, 2.24) is 20.1 Å². The number of alkyl halides is 3. The zero-order valence-electron chi connectivity index (χ0n) is 18.1. The highest BCUT2D eigenvalue weighted by Crippen LogP contribution is 2.48. The van der Waals surface area contributed by atoms with Gasteiger partial charge in [0.1, 0.15) is 16.5 Å². The van der Waals surface area contributed by atoms with Gasteiger partial charge in [0, 0.05) is 48.4 Å². The van der Waals surface area contributed by atoms with Crippen LogP contribution in [0.5, 0.6) is 5.75 Å². The van der Waals surface area contributed by atoms with Crippen molar-refractivity contribution in [1.29, 1.82) is 0 Å². The van der Waals surface area contributed by atoms with Crippen LogP contribution in [-0.2, 0) is 10.0 Å². The molecule has 8 nitrogen and oxygen atoms in total. The van der Waals surface area contributed by atoms with Crippen molar-refractivity contribution in [3.63, 3.8) is 0 Å². The van der Waals surface area contributed by atoms with Gasteiger partial charge in [-0.3, -0.25) is 14.7 Å². The smallest absolute Gasteiger partial charge is 0.391 e. The van der Waals surface area contributed by atoms with E-state index >= 15 is 4.39 Å².